The van der Waals surface area contributed by atoms with Gasteiger partial charge in [0.15, 0.2) is 0 Å². The van der Waals surface area contributed by atoms with Crippen molar-refractivity contribution in [1.29, 1.82) is 0 Å². The van der Waals surface area contributed by atoms with E-state index in [4.69, 9.17) is 23.2 Å². The number of nitrogens with one attached hydrogen (secondary N) is 1. The van der Waals surface area contributed by atoms with E-state index in [9.17, 15) is 4.21 Å². The van der Waals surface area contributed by atoms with Gasteiger partial charge in [0.2, 0.25) is 0 Å². The van der Waals surface area contributed by atoms with Crippen LogP contribution in [0.5, 0.6) is 0 Å². The summed E-state index contributed by atoms with van der Waals surface area (Å²) < 4.78 is 12.6. The Morgan fingerprint density at radius 2 is 1.90 bits per heavy atom. The van der Waals surface area contributed by atoms with Gasteiger partial charge in [-0.25, -0.2) is 0 Å². The molecule has 2 rings (SSSR count). The van der Waals surface area contributed by atoms with E-state index in [-0.39, 0.29) is 6.04 Å². The summed E-state index contributed by atoms with van der Waals surface area (Å²) in [7, 11) is -1.16. The van der Waals surface area contributed by atoms with Crippen molar-refractivity contribution < 1.29 is 4.21 Å². The molecule has 0 spiro atoms. The van der Waals surface area contributed by atoms with E-state index in [1.165, 1.54) is 25.7 Å². The minimum absolute atomic E-state index is 0.288. The number of halogens is 2. The molecule has 1 aliphatic carbocycles. The van der Waals surface area contributed by atoms with Gasteiger partial charge in [-0.05, 0) is 37.4 Å². The Bertz CT molecular complexity index is 455. The monoisotopic (exact) mass is 333 g/mol. The molecule has 0 saturated heterocycles. The van der Waals surface area contributed by atoms with Crippen molar-refractivity contribution in [3.63, 3.8) is 0 Å². The van der Waals surface area contributed by atoms with Crippen LogP contribution < -0.4 is 5.32 Å². The third-order valence-electron chi connectivity index (χ3n) is 3.91. The van der Waals surface area contributed by atoms with Gasteiger partial charge >= 0.3 is 0 Å². The lowest BCUT2D eigenvalue weighted by atomic mass is 10.00. The highest BCUT2D eigenvalue weighted by atomic mass is 35.5. The first-order valence-electron chi connectivity index (χ1n) is 7.19. The van der Waals surface area contributed by atoms with E-state index in [2.05, 4.69) is 12.2 Å². The van der Waals surface area contributed by atoms with Gasteiger partial charge in [-0.2, -0.15) is 0 Å². The molecular formula is C15H21Cl2NOS. The van der Waals surface area contributed by atoms with Crippen molar-refractivity contribution in [3.05, 3.63) is 28.2 Å². The largest absolute Gasteiger partial charge is 0.313 e. The number of benzene rings is 1. The summed E-state index contributed by atoms with van der Waals surface area (Å²) in [4.78, 5) is 0.580. The zero-order valence-electron chi connectivity index (χ0n) is 11.7. The maximum absolute atomic E-state index is 12.6. The molecule has 2 atom stereocenters. The van der Waals surface area contributed by atoms with Crippen LogP contribution in [0, 0.1) is 5.92 Å². The third-order valence-corrected chi connectivity index (χ3v) is 6.32. The Balaban J connectivity index is 2.11. The lowest BCUT2D eigenvalue weighted by molar-refractivity contribution is 0.392. The molecule has 2 unspecified atom stereocenters. The van der Waals surface area contributed by atoms with Crippen molar-refractivity contribution in [2.24, 2.45) is 5.92 Å². The van der Waals surface area contributed by atoms with Gasteiger partial charge < -0.3 is 5.32 Å². The quantitative estimate of drug-likeness (QED) is 0.842. The fourth-order valence-electron chi connectivity index (χ4n) is 2.93. The SMILES string of the molecule is CCNC(CS(=O)c1c(Cl)cccc1Cl)C1CCCC1. The topological polar surface area (TPSA) is 29.1 Å². The molecule has 0 amide bonds. The second kappa shape index (κ2) is 7.79. The maximum atomic E-state index is 12.6. The smallest absolute Gasteiger partial charge is 0.0760 e. The summed E-state index contributed by atoms with van der Waals surface area (Å²) in [6, 6.07) is 5.57. The molecule has 0 radical (unpaired) electrons. The zero-order valence-corrected chi connectivity index (χ0v) is 14.0. The average molecular weight is 334 g/mol. The Morgan fingerprint density at radius 1 is 1.30 bits per heavy atom. The first-order chi connectivity index (χ1) is 9.63. The Kier molecular flexibility index (Phi) is 6.34. The standard InChI is InChI=1S/C15H21Cl2NOS/c1-2-18-14(11-6-3-4-7-11)10-20(19)15-12(16)8-5-9-13(15)17/h5,8-9,11,14,18H,2-4,6-7,10H2,1H3. The van der Waals surface area contributed by atoms with Crippen LogP contribution in [0.3, 0.4) is 0 Å². The van der Waals surface area contributed by atoms with Crippen LogP contribution in [0.2, 0.25) is 10.0 Å². The van der Waals surface area contributed by atoms with Gasteiger partial charge in [0.05, 0.1) is 25.7 Å². The molecule has 0 heterocycles. The van der Waals surface area contributed by atoms with Crippen LogP contribution in [0.4, 0.5) is 0 Å². The molecule has 1 aromatic rings. The zero-order chi connectivity index (χ0) is 14.5. The second-order valence-corrected chi connectivity index (χ2v) is 7.52. The van der Waals surface area contributed by atoms with E-state index in [0.29, 0.717) is 26.6 Å². The van der Waals surface area contributed by atoms with Gasteiger partial charge in [-0.3, -0.25) is 4.21 Å². The summed E-state index contributed by atoms with van der Waals surface area (Å²) in [6.07, 6.45) is 5.02. The molecule has 1 fully saturated rings. The molecule has 1 aliphatic rings. The molecule has 112 valence electrons. The molecule has 0 aliphatic heterocycles. The van der Waals surface area contributed by atoms with Crippen molar-refractivity contribution >= 4 is 34.0 Å². The highest BCUT2D eigenvalue weighted by Crippen LogP contribution is 2.31. The number of rotatable bonds is 6. The summed E-state index contributed by atoms with van der Waals surface area (Å²) in [5, 5.41) is 4.48. The van der Waals surface area contributed by atoms with Crippen LogP contribution in [0.15, 0.2) is 23.1 Å². The number of hydrogen-bond donors (Lipinski definition) is 1. The van der Waals surface area contributed by atoms with E-state index in [0.717, 1.165) is 6.54 Å². The summed E-state index contributed by atoms with van der Waals surface area (Å²) in [6.45, 7) is 2.99. The van der Waals surface area contributed by atoms with Crippen LogP contribution in [-0.4, -0.2) is 22.5 Å². The van der Waals surface area contributed by atoms with Gasteiger partial charge in [0.1, 0.15) is 0 Å². The molecule has 1 N–H and O–H groups in total. The van der Waals surface area contributed by atoms with Gasteiger partial charge in [-0.15, -0.1) is 0 Å². The van der Waals surface area contributed by atoms with E-state index in [1.54, 1.807) is 18.2 Å². The molecule has 0 bridgehead atoms. The van der Waals surface area contributed by atoms with Crippen LogP contribution in [0.1, 0.15) is 32.6 Å². The first-order valence-corrected chi connectivity index (χ1v) is 9.26. The third kappa shape index (κ3) is 3.97. The molecule has 1 saturated carbocycles. The van der Waals surface area contributed by atoms with Crippen LogP contribution in [-0.2, 0) is 10.8 Å². The highest BCUT2D eigenvalue weighted by molar-refractivity contribution is 7.85. The van der Waals surface area contributed by atoms with Gasteiger partial charge in [0.25, 0.3) is 0 Å². The normalized spacial score (nSPS) is 19.1. The fourth-order valence-corrected chi connectivity index (χ4v) is 5.30. The van der Waals surface area contributed by atoms with E-state index < -0.39 is 10.8 Å². The molecule has 2 nitrogen and oxygen atoms in total. The second-order valence-electron chi connectivity index (χ2n) is 5.27. The Hall–Kier alpha value is -0.0900. The molecule has 20 heavy (non-hydrogen) atoms. The summed E-state index contributed by atoms with van der Waals surface area (Å²) in [5.41, 5.74) is 0. The molecule has 5 heteroatoms. The van der Waals surface area contributed by atoms with Crippen LogP contribution >= 0.6 is 23.2 Å². The number of hydrogen-bond acceptors (Lipinski definition) is 2. The first kappa shape index (κ1) is 16.3. The van der Waals surface area contributed by atoms with Gasteiger partial charge in [-0.1, -0.05) is 49.0 Å². The van der Waals surface area contributed by atoms with Crippen molar-refractivity contribution in [1.82, 2.24) is 5.32 Å². The van der Waals surface area contributed by atoms with Crippen LogP contribution in [0.25, 0.3) is 0 Å². The minimum atomic E-state index is -1.16. The molecule has 1 aromatic carbocycles. The minimum Gasteiger partial charge on any atom is -0.313 e. The predicted molar refractivity (Wildman–Crippen MR) is 87.2 cm³/mol. The fraction of sp³-hybridized carbons (Fsp3) is 0.600. The van der Waals surface area contributed by atoms with Crippen molar-refractivity contribution in [3.8, 4) is 0 Å². The summed E-state index contributed by atoms with van der Waals surface area (Å²) in [5.74, 6) is 1.21. The summed E-state index contributed by atoms with van der Waals surface area (Å²) >= 11 is 12.3. The lowest BCUT2D eigenvalue weighted by Gasteiger charge is -2.24. The predicted octanol–water partition coefficient (Wildman–Crippen LogP) is 4.27. The van der Waals surface area contributed by atoms with Crippen molar-refractivity contribution in [2.75, 3.05) is 12.3 Å². The highest BCUT2D eigenvalue weighted by Gasteiger charge is 2.27. The maximum Gasteiger partial charge on any atom is 0.0760 e. The average Bonchev–Trinajstić information content (AvgIpc) is 2.91. The lowest BCUT2D eigenvalue weighted by Crippen LogP contribution is -2.39. The molecular weight excluding hydrogens is 313 g/mol. The molecule has 0 aromatic heterocycles. The van der Waals surface area contributed by atoms with Crippen molar-refractivity contribution in [2.45, 2.75) is 43.5 Å². The van der Waals surface area contributed by atoms with E-state index >= 15 is 0 Å². The van der Waals surface area contributed by atoms with E-state index in [1.807, 2.05) is 0 Å². The Labute approximate surface area is 133 Å². The van der Waals surface area contributed by atoms with Gasteiger partial charge in [0, 0.05) is 11.8 Å². The Morgan fingerprint density at radius 3 is 2.45 bits per heavy atom.